The summed E-state index contributed by atoms with van der Waals surface area (Å²) in [5.74, 6) is 1.43. The minimum absolute atomic E-state index is 0.450. The molecule has 0 aliphatic heterocycles. The SMILES string of the molecule is CNCC(Cc1cc(C)ccc1OC)c1ccc(C)cc1. The van der Waals surface area contributed by atoms with Gasteiger partial charge in [0, 0.05) is 12.5 Å². The molecular weight excluding hydrogens is 258 g/mol. The quantitative estimate of drug-likeness (QED) is 0.869. The van der Waals surface area contributed by atoms with Gasteiger partial charge in [-0.1, -0.05) is 47.5 Å². The van der Waals surface area contributed by atoms with E-state index in [1.165, 1.54) is 22.3 Å². The van der Waals surface area contributed by atoms with Gasteiger partial charge in [0.1, 0.15) is 5.75 Å². The van der Waals surface area contributed by atoms with Crippen LogP contribution in [0.1, 0.15) is 28.2 Å². The van der Waals surface area contributed by atoms with Gasteiger partial charge in [-0.25, -0.2) is 0 Å². The lowest BCUT2D eigenvalue weighted by atomic mass is 9.90. The highest BCUT2D eigenvalue weighted by Gasteiger charge is 2.14. The molecule has 2 rings (SSSR count). The Labute approximate surface area is 128 Å². The molecule has 0 aromatic heterocycles. The van der Waals surface area contributed by atoms with E-state index < -0.39 is 0 Å². The van der Waals surface area contributed by atoms with Crippen LogP contribution in [-0.4, -0.2) is 20.7 Å². The molecule has 0 saturated carbocycles. The standard InChI is InChI=1S/C19H25NO/c1-14-5-8-16(9-6-14)18(13-20-3)12-17-11-15(2)7-10-19(17)21-4/h5-11,18,20H,12-13H2,1-4H3. The maximum absolute atomic E-state index is 5.51. The molecule has 0 heterocycles. The highest BCUT2D eigenvalue weighted by atomic mass is 16.5. The van der Waals surface area contributed by atoms with E-state index in [1.807, 2.05) is 7.05 Å². The van der Waals surface area contributed by atoms with Crippen LogP contribution in [0.25, 0.3) is 0 Å². The van der Waals surface area contributed by atoms with E-state index in [0.29, 0.717) is 5.92 Å². The van der Waals surface area contributed by atoms with Crippen molar-refractivity contribution in [3.8, 4) is 5.75 Å². The Balaban J connectivity index is 2.27. The second-order valence-corrected chi connectivity index (χ2v) is 5.68. The normalized spacial score (nSPS) is 12.2. The lowest BCUT2D eigenvalue weighted by Gasteiger charge is -2.19. The maximum atomic E-state index is 5.51. The zero-order valence-electron chi connectivity index (χ0n) is 13.4. The Morgan fingerprint density at radius 3 is 2.29 bits per heavy atom. The summed E-state index contributed by atoms with van der Waals surface area (Å²) in [7, 11) is 3.75. The van der Waals surface area contributed by atoms with Gasteiger partial charge in [0.05, 0.1) is 7.11 Å². The zero-order chi connectivity index (χ0) is 15.2. The summed E-state index contributed by atoms with van der Waals surface area (Å²) in [6.07, 6.45) is 0.981. The van der Waals surface area contributed by atoms with E-state index in [2.05, 4.69) is 61.6 Å². The summed E-state index contributed by atoms with van der Waals surface area (Å²) in [5, 5.41) is 3.31. The van der Waals surface area contributed by atoms with Gasteiger partial charge < -0.3 is 10.1 Å². The second-order valence-electron chi connectivity index (χ2n) is 5.68. The first-order valence-electron chi connectivity index (χ1n) is 7.48. The molecule has 0 saturated heterocycles. The first kappa shape index (κ1) is 15.6. The van der Waals surface area contributed by atoms with E-state index in [0.717, 1.165) is 18.7 Å². The van der Waals surface area contributed by atoms with Crippen molar-refractivity contribution < 1.29 is 4.74 Å². The number of hydrogen-bond acceptors (Lipinski definition) is 2. The molecule has 0 aliphatic rings. The summed E-state index contributed by atoms with van der Waals surface area (Å²) >= 11 is 0. The van der Waals surface area contributed by atoms with Gasteiger partial charge in [0.25, 0.3) is 0 Å². The van der Waals surface area contributed by atoms with E-state index >= 15 is 0 Å². The summed E-state index contributed by atoms with van der Waals surface area (Å²) in [5.41, 5.74) is 5.23. The molecule has 0 spiro atoms. The van der Waals surface area contributed by atoms with Crippen molar-refractivity contribution in [3.63, 3.8) is 0 Å². The predicted octanol–water partition coefficient (Wildman–Crippen LogP) is 3.86. The third-order valence-corrected chi connectivity index (χ3v) is 3.90. The summed E-state index contributed by atoms with van der Waals surface area (Å²) in [6, 6.07) is 15.2. The smallest absolute Gasteiger partial charge is 0.122 e. The van der Waals surface area contributed by atoms with Gasteiger partial charge in [-0.15, -0.1) is 0 Å². The first-order chi connectivity index (χ1) is 10.1. The molecule has 0 aliphatic carbocycles. The Morgan fingerprint density at radius 2 is 1.67 bits per heavy atom. The third kappa shape index (κ3) is 4.08. The molecule has 2 nitrogen and oxygen atoms in total. The minimum atomic E-state index is 0.450. The van der Waals surface area contributed by atoms with Crippen molar-refractivity contribution in [2.75, 3.05) is 20.7 Å². The molecule has 0 amide bonds. The molecule has 21 heavy (non-hydrogen) atoms. The van der Waals surface area contributed by atoms with Crippen LogP contribution in [0.3, 0.4) is 0 Å². The monoisotopic (exact) mass is 283 g/mol. The van der Waals surface area contributed by atoms with Crippen LogP contribution in [0.4, 0.5) is 0 Å². The average Bonchev–Trinajstić information content (AvgIpc) is 2.48. The zero-order valence-corrected chi connectivity index (χ0v) is 13.4. The van der Waals surface area contributed by atoms with Gasteiger partial charge >= 0.3 is 0 Å². The molecule has 1 N–H and O–H groups in total. The summed E-state index contributed by atoms with van der Waals surface area (Å²) < 4.78 is 5.51. The van der Waals surface area contributed by atoms with E-state index in [4.69, 9.17) is 4.74 Å². The average molecular weight is 283 g/mol. The highest BCUT2D eigenvalue weighted by molar-refractivity contribution is 5.39. The van der Waals surface area contributed by atoms with Crippen LogP contribution < -0.4 is 10.1 Å². The summed E-state index contributed by atoms with van der Waals surface area (Å²) in [4.78, 5) is 0. The van der Waals surface area contributed by atoms with Crippen molar-refractivity contribution in [2.45, 2.75) is 26.2 Å². The fourth-order valence-electron chi connectivity index (χ4n) is 2.73. The van der Waals surface area contributed by atoms with Gasteiger partial charge in [0.15, 0.2) is 0 Å². The highest BCUT2D eigenvalue weighted by Crippen LogP contribution is 2.27. The Hall–Kier alpha value is -1.80. The fourth-order valence-corrected chi connectivity index (χ4v) is 2.73. The van der Waals surface area contributed by atoms with Crippen LogP contribution in [0.2, 0.25) is 0 Å². The number of nitrogens with one attached hydrogen (secondary N) is 1. The predicted molar refractivity (Wildman–Crippen MR) is 89.3 cm³/mol. The van der Waals surface area contributed by atoms with Gasteiger partial charge in [-0.2, -0.15) is 0 Å². The molecule has 1 atom stereocenters. The number of likely N-dealkylation sites (N-methyl/N-ethyl adjacent to an activating group) is 1. The van der Waals surface area contributed by atoms with Crippen LogP contribution in [-0.2, 0) is 6.42 Å². The van der Waals surface area contributed by atoms with Gasteiger partial charge in [-0.3, -0.25) is 0 Å². The van der Waals surface area contributed by atoms with Crippen molar-refractivity contribution in [2.24, 2.45) is 0 Å². The van der Waals surface area contributed by atoms with Crippen LogP contribution in [0, 0.1) is 13.8 Å². The van der Waals surface area contributed by atoms with Crippen molar-refractivity contribution in [3.05, 3.63) is 64.7 Å². The van der Waals surface area contributed by atoms with Crippen molar-refractivity contribution >= 4 is 0 Å². The lowest BCUT2D eigenvalue weighted by Crippen LogP contribution is -2.19. The fraction of sp³-hybridized carbons (Fsp3) is 0.368. The molecule has 0 fully saturated rings. The van der Waals surface area contributed by atoms with E-state index in [-0.39, 0.29) is 0 Å². The first-order valence-corrected chi connectivity index (χ1v) is 7.48. The number of aryl methyl sites for hydroxylation is 2. The molecule has 2 heteroatoms. The van der Waals surface area contributed by atoms with E-state index in [1.54, 1.807) is 7.11 Å². The third-order valence-electron chi connectivity index (χ3n) is 3.90. The number of rotatable bonds is 6. The molecule has 0 radical (unpaired) electrons. The largest absolute Gasteiger partial charge is 0.496 e. The minimum Gasteiger partial charge on any atom is -0.496 e. The number of methoxy groups -OCH3 is 1. The van der Waals surface area contributed by atoms with Gasteiger partial charge in [0.2, 0.25) is 0 Å². The summed E-state index contributed by atoms with van der Waals surface area (Å²) in [6.45, 7) is 5.21. The Morgan fingerprint density at radius 1 is 1.00 bits per heavy atom. The van der Waals surface area contributed by atoms with E-state index in [9.17, 15) is 0 Å². The van der Waals surface area contributed by atoms with Gasteiger partial charge in [-0.05, 0) is 44.5 Å². The van der Waals surface area contributed by atoms with Crippen molar-refractivity contribution in [1.29, 1.82) is 0 Å². The molecule has 1 unspecified atom stereocenters. The molecular formula is C19H25NO. The topological polar surface area (TPSA) is 21.3 Å². The van der Waals surface area contributed by atoms with Crippen LogP contribution in [0.15, 0.2) is 42.5 Å². The Kier molecular flexibility index (Phi) is 5.40. The maximum Gasteiger partial charge on any atom is 0.122 e. The number of ether oxygens (including phenoxy) is 1. The number of hydrogen-bond donors (Lipinski definition) is 1. The molecule has 0 bridgehead atoms. The van der Waals surface area contributed by atoms with Crippen LogP contribution in [0.5, 0.6) is 5.75 Å². The Bertz CT molecular complexity index is 575. The number of benzene rings is 2. The molecule has 2 aromatic rings. The second kappa shape index (κ2) is 7.28. The van der Waals surface area contributed by atoms with Crippen molar-refractivity contribution in [1.82, 2.24) is 5.32 Å². The molecule has 2 aromatic carbocycles. The molecule has 112 valence electrons. The lowest BCUT2D eigenvalue weighted by molar-refractivity contribution is 0.407. The van der Waals surface area contributed by atoms with Crippen LogP contribution >= 0.6 is 0 Å².